The van der Waals surface area contributed by atoms with Crippen molar-refractivity contribution in [3.05, 3.63) is 39.8 Å². The summed E-state index contributed by atoms with van der Waals surface area (Å²) < 4.78 is 23.5. The highest BCUT2D eigenvalue weighted by atomic mass is 79.9. The van der Waals surface area contributed by atoms with E-state index in [-0.39, 0.29) is 11.4 Å². The van der Waals surface area contributed by atoms with Gasteiger partial charge < -0.3 is 14.8 Å². The van der Waals surface area contributed by atoms with Gasteiger partial charge in [0.2, 0.25) is 0 Å². The predicted molar refractivity (Wildman–Crippen MR) is 74.6 cm³/mol. The van der Waals surface area contributed by atoms with Crippen LogP contribution in [-0.4, -0.2) is 26.2 Å². The van der Waals surface area contributed by atoms with Crippen LogP contribution in [0.4, 0.5) is 10.1 Å². The van der Waals surface area contributed by atoms with Gasteiger partial charge in [-0.2, -0.15) is 0 Å². The quantitative estimate of drug-likeness (QED) is 0.671. The fraction of sp³-hybridized carbons (Fsp3) is 0.231. The van der Waals surface area contributed by atoms with Crippen LogP contribution < -0.4 is 5.32 Å². The molecule has 0 fully saturated rings. The van der Waals surface area contributed by atoms with Gasteiger partial charge in [0.25, 0.3) is 0 Å². The zero-order valence-corrected chi connectivity index (χ0v) is 12.7. The summed E-state index contributed by atoms with van der Waals surface area (Å²) in [6.45, 7) is 1.58. The summed E-state index contributed by atoms with van der Waals surface area (Å²) >= 11 is 3.22. The molecule has 0 saturated carbocycles. The zero-order chi connectivity index (χ0) is 15.3. The summed E-state index contributed by atoms with van der Waals surface area (Å²) in [5.74, 6) is -2.11. The first-order valence-corrected chi connectivity index (χ1v) is 6.29. The molecule has 108 valence electrons. The van der Waals surface area contributed by atoms with Crippen LogP contribution in [0.5, 0.6) is 0 Å². The van der Waals surface area contributed by atoms with Crippen LogP contribution in [-0.2, 0) is 19.1 Å². The van der Waals surface area contributed by atoms with Crippen LogP contribution in [0.25, 0.3) is 0 Å². The fourth-order valence-corrected chi connectivity index (χ4v) is 1.97. The highest BCUT2D eigenvalue weighted by molar-refractivity contribution is 9.10. The predicted octanol–water partition coefficient (Wildman–Crippen LogP) is 2.54. The zero-order valence-electron chi connectivity index (χ0n) is 11.1. The normalized spacial score (nSPS) is 10.9. The SMILES string of the molecule is COC(=O)/C=C(/Nc1cc(Br)cc(C)c1F)C(=O)OC. The van der Waals surface area contributed by atoms with Crippen LogP contribution in [0.3, 0.4) is 0 Å². The second-order valence-electron chi connectivity index (χ2n) is 3.78. The number of nitrogens with one attached hydrogen (secondary N) is 1. The van der Waals surface area contributed by atoms with Crippen LogP contribution in [0, 0.1) is 12.7 Å². The van der Waals surface area contributed by atoms with E-state index in [1.54, 1.807) is 13.0 Å². The molecule has 0 aromatic heterocycles. The maximum Gasteiger partial charge on any atom is 0.354 e. The molecule has 1 N–H and O–H groups in total. The number of hydrogen-bond acceptors (Lipinski definition) is 5. The summed E-state index contributed by atoms with van der Waals surface area (Å²) in [6, 6.07) is 3.03. The average Bonchev–Trinajstić information content (AvgIpc) is 2.42. The minimum absolute atomic E-state index is 0.0393. The van der Waals surface area contributed by atoms with E-state index in [2.05, 4.69) is 30.7 Å². The number of esters is 2. The fourth-order valence-electron chi connectivity index (χ4n) is 1.39. The van der Waals surface area contributed by atoms with E-state index in [1.165, 1.54) is 6.07 Å². The van der Waals surface area contributed by atoms with Crippen LogP contribution in [0.2, 0.25) is 0 Å². The Hall–Kier alpha value is -1.89. The molecule has 0 spiro atoms. The van der Waals surface area contributed by atoms with Gasteiger partial charge in [0, 0.05) is 4.47 Å². The van der Waals surface area contributed by atoms with Gasteiger partial charge in [0.05, 0.1) is 26.0 Å². The van der Waals surface area contributed by atoms with Gasteiger partial charge in [0.15, 0.2) is 0 Å². The molecule has 5 nitrogen and oxygen atoms in total. The number of rotatable bonds is 4. The third-order valence-corrected chi connectivity index (χ3v) is 2.82. The number of benzene rings is 1. The summed E-state index contributed by atoms with van der Waals surface area (Å²) in [6.07, 6.45) is 0.890. The smallest absolute Gasteiger partial charge is 0.354 e. The van der Waals surface area contributed by atoms with Crippen molar-refractivity contribution in [2.75, 3.05) is 19.5 Å². The molecule has 0 unspecified atom stereocenters. The summed E-state index contributed by atoms with van der Waals surface area (Å²) in [5.41, 5.74) is 0.192. The molecule has 0 heterocycles. The Morgan fingerprint density at radius 1 is 1.30 bits per heavy atom. The molecule has 1 aromatic carbocycles. The summed E-state index contributed by atoms with van der Waals surface area (Å²) in [4.78, 5) is 22.8. The van der Waals surface area contributed by atoms with E-state index < -0.39 is 17.8 Å². The summed E-state index contributed by atoms with van der Waals surface area (Å²) in [5, 5.41) is 2.53. The lowest BCUT2D eigenvalue weighted by Gasteiger charge is -2.11. The largest absolute Gasteiger partial charge is 0.466 e. The molecule has 0 amide bonds. The van der Waals surface area contributed by atoms with E-state index >= 15 is 0 Å². The van der Waals surface area contributed by atoms with Gasteiger partial charge in [-0.1, -0.05) is 15.9 Å². The highest BCUT2D eigenvalue weighted by Crippen LogP contribution is 2.25. The average molecular weight is 346 g/mol. The van der Waals surface area contributed by atoms with Crippen LogP contribution in [0.1, 0.15) is 5.56 Å². The molecule has 0 atom stereocenters. The van der Waals surface area contributed by atoms with Crippen LogP contribution in [0.15, 0.2) is 28.4 Å². The molecular weight excluding hydrogens is 333 g/mol. The summed E-state index contributed by atoms with van der Waals surface area (Å²) in [7, 11) is 2.31. The lowest BCUT2D eigenvalue weighted by molar-refractivity contribution is -0.138. The van der Waals surface area contributed by atoms with Gasteiger partial charge in [-0.05, 0) is 24.6 Å². The number of hydrogen-bond donors (Lipinski definition) is 1. The molecule has 1 aromatic rings. The number of anilines is 1. The van der Waals surface area contributed by atoms with Crippen molar-refractivity contribution in [1.29, 1.82) is 0 Å². The topological polar surface area (TPSA) is 64.6 Å². The number of ether oxygens (including phenoxy) is 2. The van der Waals surface area contributed by atoms with E-state index in [0.29, 0.717) is 10.0 Å². The Balaban J connectivity index is 3.17. The monoisotopic (exact) mass is 345 g/mol. The minimum atomic E-state index is -0.813. The lowest BCUT2D eigenvalue weighted by Crippen LogP contribution is -2.16. The van der Waals surface area contributed by atoms with Crippen molar-refractivity contribution in [2.45, 2.75) is 6.92 Å². The van der Waals surface area contributed by atoms with Gasteiger partial charge in [-0.3, -0.25) is 0 Å². The van der Waals surface area contributed by atoms with E-state index in [0.717, 1.165) is 20.3 Å². The molecule has 0 saturated heterocycles. The van der Waals surface area contributed by atoms with E-state index in [4.69, 9.17) is 0 Å². The number of carbonyl (C=O) groups is 2. The molecule has 1 rings (SSSR count). The second kappa shape index (κ2) is 7.04. The first-order chi connectivity index (χ1) is 9.38. The first-order valence-electron chi connectivity index (χ1n) is 5.49. The number of aryl methyl sites for hydroxylation is 1. The molecule has 0 aliphatic rings. The number of methoxy groups -OCH3 is 2. The Morgan fingerprint density at radius 2 is 1.95 bits per heavy atom. The molecular formula is C13H13BrFNO4. The minimum Gasteiger partial charge on any atom is -0.466 e. The molecule has 0 aliphatic carbocycles. The molecule has 20 heavy (non-hydrogen) atoms. The third kappa shape index (κ3) is 4.06. The van der Waals surface area contributed by atoms with Crippen molar-refractivity contribution in [2.24, 2.45) is 0 Å². The van der Waals surface area contributed by atoms with Crippen molar-refractivity contribution in [1.82, 2.24) is 0 Å². The van der Waals surface area contributed by atoms with E-state index in [9.17, 15) is 14.0 Å². The van der Waals surface area contributed by atoms with Crippen molar-refractivity contribution < 1.29 is 23.5 Å². The number of carbonyl (C=O) groups excluding carboxylic acids is 2. The third-order valence-electron chi connectivity index (χ3n) is 2.36. The first kappa shape index (κ1) is 16.2. The van der Waals surface area contributed by atoms with Gasteiger partial charge >= 0.3 is 11.9 Å². The Morgan fingerprint density at radius 3 is 2.50 bits per heavy atom. The molecule has 0 aliphatic heterocycles. The maximum absolute atomic E-state index is 13.9. The van der Waals surface area contributed by atoms with Crippen molar-refractivity contribution in [3.8, 4) is 0 Å². The van der Waals surface area contributed by atoms with Crippen molar-refractivity contribution in [3.63, 3.8) is 0 Å². The highest BCUT2D eigenvalue weighted by Gasteiger charge is 2.16. The maximum atomic E-state index is 13.9. The second-order valence-corrected chi connectivity index (χ2v) is 4.70. The Labute approximate surface area is 123 Å². The Kier molecular flexibility index (Phi) is 5.69. The Bertz CT molecular complexity index is 572. The van der Waals surface area contributed by atoms with Gasteiger partial charge in [-0.15, -0.1) is 0 Å². The van der Waals surface area contributed by atoms with Gasteiger partial charge in [-0.25, -0.2) is 14.0 Å². The van der Waals surface area contributed by atoms with Crippen molar-refractivity contribution >= 4 is 33.6 Å². The van der Waals surface area contributed by atoms with Crippen LogP contribution >= 0.6 is 15.9 Å². The molecule has 7 heteroatoms. The lowest BCUT2D eigenvalue weighted by atomic mass is 10.2. The number of halogens is 2. The van der Waals surface area contributed by atoms with Gasteiger partial charge in [0.1, 0.15) is 11.5 Å². The molecule has 0 bridgehead atoms. The molecule has 0 radical (unpaired) electrons. The van der Waals surface area contributed by atoms with E-state index in [1.807, 2.05) is 0 Å². The standard InChI is InChI=1S/C13H13BrFNO4/c1-7-4-8(14)5-9(12(7)15)16-10(13(18)20-3)6-11(17)19-2/h4-6,16H,1-3H3/b10-6+.